The van der Waals surface area contributed by atoms with E-state index in [2.05, 4.69) is 9.97 Å². The molecular formula is C56H50N8O4. The molecule has 68 heavy (non-hydrogen) atoms. The second-order valence-electron chi connectivity index (χ2n) is 16.9. The first-order valence-electron chi connectivity index (χ1n) is 23.0. The van der Waals surface area contributed by atoms with Gasteiger partial charge in [0.05, 0.1) is 89.9 Å². The van der Waals surface area contributed by atoms with Gasteiger partial charge in [-0.15, -0.1) is 0 Å². The van der Waals surface area contributed by atoms with E-state index in [9.17, 15) is 19.2 Å². The van der Waals surface area contributed by atoms with Gasteiger partial charge in [0.15, 0.2) is 23.1 Å². The van der Waals surface area contributed by atoms with Gasteiger partial charge in [-0.3, -0.25) is 39.1 Å². The first-order chi connectivity index (χ1) is 32.9. The van der Waals surface area contributed by atoms with Crippen molar-refractivity contribution in [2.24, 2.45) is 0 Å². The Balaban J connectivity index is 1.56. The van der Waals surface area contributed by atoms with Crippen molar-refractivity contribution in [1.82, 2.24) is 39.9 Å². The lowest BCUT2D eigenvalue weighted by atomic mass is 9.96. The van der Waals surface area contributed by atoms with Gasteiger partial charge < -0.3 is 9.97 Å². The number of rotatable bonds is 12. The topological polar surface area (TPSA) is 177 Å². The fraction of sp³-hybridized carbons (Fsp3) is 0.214. The molecule has 338 valence electrons. The lowest BCUT2D eigenvalue weighted by Crippen LogP contribution is -2.06. The van der Waals surface area contributed by atoms with E-state index in [-0.39, 0.29) is 23.1 Å². The third-order valence-electron chi connectivity index (χ3n) is 12.8. The third kappa shape index (κ3) is 7.71. The first kappa shape index (κ1) is 45.1. The monoisotopic (exact) mass is 898 g/mol. The molecule has 0 atom stereocenters. The zero-order chi connectivity index (χ0) is 48.0. The summed E-state index contributed by atoms with van der Waals surface area (Å²) in [5, 5.41) is 0. The predicted octanol–water partition coefficient (Wildman–Crippen LogP) is 12.0. The maximum Gasteiger partial charge on any atom is 0.162 e. The summed E-state index contributed by atoms with van der Waals surface area (Å²) < 4.78 is 0. The molecule has 8 bridgehead atoms. The molecule has 2 aliphatic heterocycles. The molecule has 0 unspecified atom stereocenters. The van der Waals surface area contributed by atoms with Crippen LogP contribution in [0.1, 0.15) is 142 Å². The number of aromatic nitrogens is 8. The van der Waals surface area contributed by atoms with Crippen molar-refractivity contribution in [1.29, 1.82) is 0 Å². The van der Waals surface area contributed by atoms with Gasteiger partial charge in [0, 0.05) is 47.0 Å². The zero-order valence-corrected chi connectivity index (χ0v) is 39.4. The average molecular weight is 899 g/mol. The smallest absolute Gasteiger partial charge is 0.162 e. The Morgan fingerprint density at radius 1 is 0.368 bits per heavy atom. The number of aromatic amines is 2. The van der Waals surface area contributed by atoms with E-state index in [4.69, 9.17) is 29.9 Å². The number of ketones is 4. The predicted molar refractivity (Wildman–Crippen MR) is 269 cm³/mol. The van der Waals surface area contributed by atoms with E-state index in [0.717, 1.165) is 22.3 Å². The Morgan fingerprint density at radius 2 is 0.588 bits per heavy atom. The number of carbonyl (C=O) groups excluding carboxylic acids is 4. The first-order valence-corrected chi connectivity index (χ1v) is 23.0. The molecule has 0 saturated heterocycles. The van der Waals surface area contributed by atoms with Crippen LogP contribution in [0.5, 0.6) is 0 Å². The standard InChI is InChI=1S/C56H50N8O4/c1-9-33-21-25-57-53(45(33)29(5)65)49-37-13-15-39(61-37)50(54-46(30(6)66)34(10-2)22-26-58-54)41-17-19-43(63-41)52(56-48(32(8)68)36(12-4)24-28-60-56)44-20-18-42(64-44)51(40-16-14-38(49)62-40)55-47(31(7)67)35(11-3)23-27-59-55/h13-28,61,64H,9-12H2,1-8H3. The van der Waals surface area contributed by atoms with Crippen molar-refractivity contribution in [3.8, 4) is 45.0 Å². The minimum atomic E-state index is -0.146. The summed E-state index contributed by atoms with van der Waals surface area (Å²) in [6.07, 6.45) is 16.8. The fourth-order valence-electron chi connectivity index (χ4n) is 9.72. The third-order valence-corrected chi connectivity index (χ3v) is 12.8. The van der Waals surface area contributed by atoms with Crippen LogP contribution >= 0.6 is 0 Å². The number of aryl methyl sites for hydroxylation is 4. The molecule has 0 amide bonds. The molecule has 2 aliphatic rings. The van der Waals surface area contributed by atoms with E-state index < -0.39 is 0 Å². The van der Waals surface area contributed by atoms with E-state index in [0.29, 0.717) is 138 Å². The van der Waals surface area contributed by atoms with Crippen LogP contribution in [0.4, 0.5) is 0 Å². The van der Waals surface area contributed by atoms with Crippen molar-refractivity contribution in [2.45, 2.75) is 81.1 Å². The van der Waals surface area contributed by atoms with Crippen LogP contribution in [-0.2, 0) is 25.7 Å². The van der Waals surface area contributed by atoms with E-state index in [1.54, 1.807) is 52.5 Å². The number of hydrogen-bond acceptors (Lipinski definition) is 10. The van der Waals surface area contributed by atoms with Crippen LogP contribution in [0.3, 0.4) is 0 Å². The minimum Gasteiger partial charge on any atom is -0.354 e. The van der Waals surface area contributed by atoms with Gasteiger partial charge in [-0.1, -0.05) is 27.7 Å². The lowest BCUT2D eigenvalue weighted by Gasteiger charge is -2.13. The van der Waals surface area contributed by atoms with E-state index in [1.165, 1.54) is 0 Å². The molecule has 9 heterocycles. The molecule has 7 aromatic rings. The van der Waals surface area contributed by atoms with E-state index in [1.807, 2.05) is 101 Å². The molecule has 12 heteroatoms. The Morgan fingerprint density at radius 3 is 0.779 bits per heavy atom. The molecule has 0 spiro atoms. The molecule has 0 radical (unpaired) electrons. The van der Waals surface area contributed by atoms with Crippen molar-refractivity contribution in [3.63, 3.8) is 0 Å². The van der Waals surface area contributed by atoms with Gasteiger partial charge in [0.2, 0.25) is 0 Å². The molecule has 2 N–H and O–H groups in total. The van der Waals surface area contributed by atoms with Crippen LogP contribution < -0.4 is 0 Å². The van der Waals surface area contributed by atoms with Gasteiger partial charge in [-0.2, -0.15) is 0 Å². The van der Waals surface area contributed by atoms with Crippen LogP contribution in [0, 0.1) is 0 Å². The molecule has 0 aliphatic carbocycles. The number of carbonyl (C=O) groups is 4. The van der Waals surface area contributed by atoms with Crippen LogP contribution in [0.25, 0.3) is 91.4 Å². The highest BCUT2D eigenvalue weighted by molar-refractivity contribution is 6.10. The highest BCUT2D eigenvalue weighted by atomic mass is 16.1. The normalized spacial score (nSPS) is 11.9. The second-order valence-corrected chi connectivity index (χ2v) is 16.9. The van der Waals surface area contributed by atoms with Crippen LogP contribution in [-0.4, -0.2) is 63.0 Å². The molecule has 0 saturated carbocycles. The lowest BCUT2D eigenvalue weighted by molar-refractivity contribution is 0.100. The van der Waals surface area contributed by atoms with E-state index >= 15 is 0 Å². The Kier molecular flexibility index (Phi) is 12.1. The van der Waals surface area contributed by atoms with Crippen molar-refractivity contribution in [2.75, 3.05) is 0 Å². The highest BCUT2D eigenvalue weighted by Crippen LogP contribution is 2.41. The summed E-state index contributed by atoms with van der Waals surface area (Å²) in [5.74, 6) is -0.584. The molecular weight excluding hydrogens is 849 g/mol. The highest BCUT2D eigenvalue weighted by Gasteiger charge is 2.27. The van der Waals surface area contributed by atoms with Crippen molar-refractivity contribution >= 4 is 69.5 Å². The number of nitrogens with one attached hydrogen (secondary N) is 2. The SMILES string of the molecule is CCc1ccnc(-c2c3nc(c(-c4nccc(CC)c4C(C)=O)c4ccc([nH]4)c(-c4nccc(CC)c4C(C)=O)c4nc(c(-c5nccc(CC)c5C(C)=O)c5ccc2[nH]5)C=C4)C=C3)c1C(C)=O. The maximum atomic E-state index is 13.7. The largest absolute Gasteiger partial charge is 0.354 e. The summed E-state index contributed by atoms with van der Waals surface area (Å²) in [5.41, 5.74) is 13.7. The summed E-state index contributed by atoms with van der Waals surface area (Å²) in [4.78, 5) is 92.4. The summed E-state index contributed by atoms with van der Waals surface area (Å²) in [7, 11) is 0. The number of fused-ring (bicyclic) bond motifs is 8. The number of Topliss-reactive ketones (excluding diaryl/α,β-unsaturated/α-hetero) is 4. The van der Waals surface area contributed by atoms with Gasteiger partial charge in [-0.05, 0) is 148 Å². The number of H-pyrrole nitrogens is 2. The number of nitrogens with zero attached hydrogens (tertiary/aromatic N) is 6. The number of pyridine rings is 4. The van der Waals surface area contributed by atoms with Gasteiger partial charge in [-0.25, -0.2) is 9.97 Å². The summed E-state index contributed by atoms with van der Waals surface area (Å²) in [6.45, 7) is 14.2. The van der Waals surface area contributed by atoms with Gasteiger partial charge >= 0.3 is 0 Å². The summed E-state index contributed by atoms with van der Waals surface area (Å²) >= 11 is 0. The minimum absolute atomic E-state index is 0.146. The molecule has 7 aromatic heterocycles. The molecule has 12 nitrogen and oxygen atoms in total. The molecule has 0 aromatic carbocycles. The average Bonchev–Trinajstić information content (AvgIpc) is 4.19. The molecule has 9 rings (SSSR count). The van der Waals surface area contributed by atoms with Crippen LogP contribution in [0.2, 0.25) is 0 Å². The summed E-state index contributed by atoms with van der Waals surface area (Å²) in [6, 6.07) is 15.1. The Hall–Kier alpha value is -8.12. The van der Waals surface area contributed by atoms with Gasteiger partial charge in [0.25, 0.3) is 0 Å². The van der Waals surface area contributed by atoms with Crippen molar-refractivity contribution < 1.29 is 19.2 Å². The maximum absolute atomic E-state index is 13.7. The van der Waals surface area contributed by atoms with Crippen LogP contribution in [0.15, 0.2) is 73.3 Å². The molecule has 0 fully saturated rings. The zero-order valence-electron chi connectivity index (χ0n) is 39.4. The Bertz CT molecular complexity index is 3080. The Labute approximate surface area is 393 Å². The fourth-order valence-corrected chi connectivity index (χ4v) is 9.72. The second kappa shape index (κ2) is 18.3. The number of hydrogen-bond donors (Lipinski definition) is 2. The van der Waals surface area contributed by atoms with Gasteiger partial charge in [0.1, 0.15) is 0 Å². The van der Waals surface area contributed by atoms with Crippen molar-refractivity contribution in [3.05, 3.63) is 141 Å². The quantitative estimate of drug-likeness (QED) is 0.112.